The van der Waals surface area contributed by atoms with E-state index in [9.17, 15) is 18.4 Å². The Kier molecular flexibility index (Phi) is 7.91. The lowest BCUT2D eigenvalue weighted by atomic mass is 10.2. The molecule has 2 rings (SSSR count). The van der Waals surface area contributed by atoms with Gasteiger partial charge in [-0.05, 0) is 30.7 Å². The van der Waals surface area contributed by atoms with Gasteiger partial charge in [0.15, 0.2) is 0 Å². The molecule has 0 aliphatic carbocycles. The number of hydrogen-bond donors (Lipinski definition) is 2. The van der Waals surface area contributed by atoms with E-state index in [0.29, 0.717) is 37.0 Å². The topological polar surface area (TPSA) is 91.2 Å². The Morgan fingerprint density at radius 2 is 1.96 bits per heavy atom. The maximum absolute atomic E-state index is 13.5. The highest BCUT2D eigenvalue weighted by molar-refractivity contribution is 5.95. The van der Waals surface area contributed by atoms with Crippen molar-refractivity contribution in [3.63, 3.8) is 0 Å². The van der Waals surface area contributed by atoms with Crippen molar-refractivity contribution in [2.45, 2.75) is 19.3 Å². The fraction of sp³-hybridized carbons (Fsp3) is 0.250. The quantitative estimate of drug-likeness (QED) is 0.645. The zero-order valence-corrected chi connectivity index (χ0v) is 15.0. The van der Waals surface area contributed by atoms with Gasteiger partial charge >= 0.3 is 0 Å². The third-order valence-corrected chi connectivity index (χ3v) is 3.63. The van der Waals surface area contributed by atoms with Gasteiger partial charge in [0.05, 0.1) is 18.2 Å². The summed E-state index contributed by atoms with van der Waals surface area (Å²) in [5, 5.41) is 13.6. The Bertz CT molecular complexity index is 881. The first-order chi connectivity index (χ1) is 13.5. The molecule has 0 fully saturated rings. The second kappa shape index (κ2) is 10.6. The van der Waals surface area contributed by atoms with Gasteiger partial charge in [-0.2, -0.15) is 5.26 Å². The molecule has 0 saturated heterocycles. The van der Waals surface area contributed by atoms with E-state index in [2.05, 4.69) is 10.6 Å². The number of benzene rings is 2. The van der Waals surface area contributed by atoms with E-state index < -0.39 is 17.5 Å². The molecule has 0 radical (unpaired) electrons. The second-order valence-electron chi connectivity index (χ2n) is 5.82. The highest BCUT2D eigenvalue weighted by atomic mass is 19.1. The Labute approximate surface area is 161 Å². The fourth-order valence-corrected chi connectivity index (χ4v) is 2.29. The lowest BCUT2D eigenvalue weighted by Gasteiger charge is -2.09. The summed E-state index contributed by atoms with van der Waals surface area (Å²) in [6.07, 6.45) is 0.993. The average molecular weight is 387 g/mol. The SMILES string of the molecule is N#CCCCOc1cccc(NC(=O)CCNC(=O)c2ccc(F)cc2F)c1. The maximum Gasteiger partial charge on any atom is 0.254 e. The van der Waals surface area contributed by atoms with E-state index >= 15 is 0 Å². The molecule has 8 heteroatoms. The van der Waals surface area contributed by atoms with Crippen LogP contribution >= 0.6 is 0 Å². The summed E-state index contributed by atoms with van der Waals surface area (Å²) < 4.78 is 31.9. The van der Waals surface area contributed by atoms with E-state index in [1.165, 1.54) is 0 Å². The number of anilines is 1. The molecule has 2 aromatic carbocycles. The number of halogens is 2. The lowest BCUT2D eigenvalue weighted by Crippen LogP contribution is -2.28. The van der Waals surface area contributed by atoms with Gasteiger partial charge in [0.25, 0.3) is 5.91 Å². The van der Waals surface area contributed by atoms with Gasteiger partial charge in [-0.15, -0.1) is 0 Å². The van der Waals surface area contributed by atoms with Crippen molar-refractivity contribution >= 4 is 17.5 Å². The van der Waals surface area contributed by atoms with Crippen LogP contribution in [0, 0.1) is 23.0 Å². The highest BCUT2D eigenvalue weighted by Crippen LogP contribution is 2.18. The number of nitrogens with one attached hydrogen (secondary N) is 2. The summed E-state index contributed by atoms with van der Waals surface area (Å²) >= 11 is 0. The molecular formula is C20H19F2N3O3. The van der Waals surface area contributed by atoms with Crippen LogP contribution in [0.1, 0.15) is 29.6 Å². The predicted octanol–water partition coefficient (Wildman–Crippen LogP) is 3.41. The number of nitriles is 1. The standard InChI is InChI=1S/C20H19F2N3O3/c21-14-6-7-17(18(22)12-14)20(27)24-10-8-19(26)25-15-4-3-5-16(13-15)28-11-2-1-9-23/h3-7,12-13H,1-2,8,10-11H2,(H,24,27)(H,25,26). The molecule has 2 N–H and O–H groups in total. The molecular weight excluding hydrogens is 368 g/mol. The Morgan fingerprint density at radius 1 is 1.14 bits per heavy atom. The number of carbonyl (C=O) groups is 2. The van der Waals surface area contributed by atoms with Gasteiger partial charge in [0.1, 0.15) is 17.4 Å². The molecule has 28 heavy (non-hydrogen) atoms. The van der Waals surface area contributed by atoms with E-state index in [4.69, 9.17) is 10.00 Å². The van der Waals surface area contributed by atoms with Gasteiger partial charge < -0.3 is 15.4 Å². The summed E-state index contributed by atoms with van der Waals surface area (Å²) in [4.78, 5) is 23.9. The number of carbonyl (C=O) groups excluding carboxylic acids is 2. The van der Waals surface area contributed by atoms with Gasteiger partial charge in [-0.25, -0.2) is 8.78 Å². The summed E-state index contributed by atoms with van der Waals surface area (Å²) in [5.41, 5.74) is 0.238. The number of ether oxygens (including phenoxy) is 1. The molecule has 2 aromatic rings. The minimum absolute atomic E-state index is 0.00810. The zero-order valence-electron chi connectivity index (χ0n) is 15.0. The number of nitrogens with zero attached hydrogens (tertiary/aromatic N) is 1. The van der Waals surface area contributed by atoms with Crippen LogP contribution in [0.15, 0.2) is 42.5 Å². The maximum atomic E-state index is 13.5. The first-order valence-corrected chi connectivity index (χ1v) is 8.62. The molecule has 0 atom stereocenters. The normalized spacial score (nSPS) is 10.0. The summed E-state index contributed by atoms with van der Waals surface area (Å²) in [7, 11) is 0. The van der Waals surface area contributed by atoms with Crippen LogP contribution in [0.5, 0.6) is 5.75 Å². The molecule has 0 aromatic heterocycles. The van der Waals surface area contributed by atoms with E-state index in [1.807, 2.05) is 6.07 Å². The molecule has 0 aliphatic rings. The first-order valence-electron chi connectivity index (χ1n) is 8.62. The summed E-state index contributed by atoms with van der Waals surface area (Å²) in [5.74, 6) is -2.24. The molecule has 2 amide bonds. The van der Waals surface area contributed by atoms with Crippen LogP contribution in [0.2, 0.25) is 0 Å². The zero-order chi connectivity index (χ0) is 20.4. The number of unbranched alkanes of at least 4 members (excludes halogenated alkanes) is 1. The van der Waals surface area contributed by atoms with Crippen LogP contribution in [-0.2, 0) is 4.79 Å². The van der Waals surface area contributed by atoms with Crippen LogP contribution < -0.4 is 15.4 Å². The van der Waals surface area contributed by atoms with Crippen molar-refractivity contribution in [1.82, 2.24) is 5.32 Å². The lowest BCUT2D eigenvalue weighted by molar-refractivity contribution is -0.116. The Morgan fingerprint density at radius 3 is 2.71 bits per heavy atom. The van der Waals surface area contributed by atoms with Crippen LogP contribution in [0.25, 0.3) is 0 Å². The Balaban J connectivity index is 1.78. The van der Waals surface area contributed by atoms with E-state index in [1.54, 1.807) is 24.3 Å². The third-order valence-electron chi connectivity index (χ3n) is 3.63. The van der Waals surface area contributed by atoms with Crippen molar-refractivity contribution in [2.75, 3.05) is 18.5 Å². The van der Waals surface area contributed by atoms with Gasteiger partial charge in [0, 0.05) is 37.2 Å². The molecule has 0 spiro atoms. The van der Waals surface area contributed by atoms with E-state index in [0.717, 1.165) is 12.1 Å². The average Bonchev–Trinajstić information content (AvgIpc) is 2.65. The van der Waals surface area contributed by atoms with Gasteiger partial charge in [-0.3, -0.25) is 9.59 Å². The fourth-order valence-electron chi connectivity index (χ4n) is 2.29. The van der Waals surface area contributed by atoms with Gasteiger partial charge in [-0.1, -0.05) is 6.07 Å². The molecule has 0 heterocycles. The number of rotatable bonds is 9. The first kappa shape index (κ1) is 20.8. The van der Waals surface area contributed by atoms with Crippen molar-refractivity contribution in [3.8, 4) is 11.8 Å². The second-order valence-corrected chi connectivity index (χ2v) is 5.82. The molecule has 0 saturated carbocycles. The van der Waals surface area contributed by atoms with Gasteiger partial charge in [0.2, 0.25) is 5.91 Å². The molecule has 6 nitrogen and oxygen atoms in total. The summed E-state index contributed by atoms with van der Waals surface area (Å²) in [6.45, 7) is 0.392. The van der Waals surface area contributed by atoms with Crippen molar-refractivity contribution < 1.29 is 23.1 Å². The predicted molar refractivity (Wildman–Crippen MR) is 98.7 cm³/mol. The smallest absolute Gasteiger partial charge is 0.254 e. The number of amides is 2. The van der Waals surface area contributed by atoms with Crippen molar-refractivity contribution in [1.29, 1.82) is 5.26 Å². The monoisotopic (exact) mass is 387 g/mol. The molecule has 0 bridgehead atoms. The van der Waals surface area contributed by atoms with Crippen LogP contribution in [0.3, 0.4) is 0 Å². The highest BCUT2D eigenvalue weighted by Gasteiger charge is 2.12. The van der Waals surface area contributed by atoms with Crippen LogP contribution in [0.4, 0.5) is 14.5 Å². The minimum Gasteiger partial charge on any atom is -0.493 e. The number of hydrogen-bond acceptors (Lipinski definition) is 4. The van der Waals surface area contributed by atoms with Crippen molar-refractivity contribution in [3.05, 3.63) is 59.7 Å². The summed E-state index contributed by atoms with van der Waals surface area (Å²) in [6, 6.07) is 11.5. The Hall–Kier alpha value is -3.47. The molecule has 0 unspecified atom stereocenters. The van der Waals surface area contributed by atoms with Crippen LogP contribution in [-0.4, -0.2) is 25.0 Å². The molecule has 0 aliphatic heterocycles. The molecule has 146 valence electrons. The largest absolute Gasteiger partial charge is 0.493 e. The van der Waals surface area contributed by atoms with E-state index in [-0.39, 0.29) is 24.4 Å². The van der Waals surface area contributed by atoms with Crippen molar-refractivity contribution in [2.24, 2.45) is 0 Å². The minimum atomic E-state index is -0.964. The third kappa shape index (κ3) is 6.68.